The summed E-state index contributed by atoms with van der Waals surface area (Å²) >= 11 is 0. The van der Waals surface area contributed by atoms with Crippen LogP contribution in [0.4, 0.5) is 0 Å². The summed E-state index contributed by atoms with van der Waals surface area (Å²) < 4.78 is 0. The van der Waals surface area contributed by atoms with Crippen LogP contribution >= 0.6 is 0 Å². The molecule has 0 aromatic rings. The zero-order chi connectivity index (χ0) is 14.1. The molecule has 0 bridgehead atoms. The van der Waals surface area contributed by atoms with E-state index in [1.165, 1.54) is 25.7 Å². The summed E-state index contributed by atoms with van der Waals surface area (Å²) in [6.07, 6.45) is 6.17. The average molecular weight is 267 g/mol. The number of nitrogens with two attached hydrogens (primary N) is 1. The Morgan fingerprint density at radius 1 is 1.42 bits per heavy atom. The molecule has 2 saturated carbocycles. The van der Waals surface area contributed by atoms with E-state index in [4.69, 9.17) is 10.9 Å². The van der Waals surface area contributed by atoms with E-state index in [1.54, 1.807) is 0 Å². The molecule has 5 nitrogen and oxygen atoms in total. The molecule has 2 fully saturated rings. The van der Waals surface area contributed by atoms with Gasteiger partial charge in [-0.25, -0.2) is 0 Å². The molecule has 2 aliphatic carbocycles. The van der Waals surface area contributed by atoms with Crippen molar-refractivity contribution in [2.24, 2.45) is 27.6 Å². The van der Waals surface area contributed by atoms with Crippen molar-refractivity contribution < 1.29 is 10.0 Å². The van der Waals surface area contributed by atoms with Crippen molar-refractivity contribution in [1.82, 2.24) is 5.32 Å². The normalized spacial score (nSPS) is 33.8. The molecule has 4 N–H and O–H groups in total. The van der Waals surface area contributed by atoms with Gasteiger partial charge in [0.05, 0.1) is 0 Å². The van der Waals surface area contributed by atoms with Crippen LogP contribution in [0, 0.1) is 16.7 Å². The van der Waals surface area contributed by atoms with Gasteiger partial charge < -0.3 is 16.3 Å². The molecule has 0 unspecified atom stereocenters. The van der Waals surface area contributed by atoms with Crippen LogP contribution in [0.5, 0.6) is 0 Å². The minimum absolute atomic E-state index is 0.0553. The quantitative estimate of drug-likeness (QED) is 0.314. The number of oxime groups is 1. The molecule has 0 atom stereocenters. The van der Waals surface area contributed by atoms with Crippen LogP contribution in [-0.2, 0) is 4.79 Å². The molecule has 2 aliphatic rings. The molecule has 0 spiro atoms. The molecule has 108 valence electrons. The maximum atomic E-state index is 12.4. The van der Waals surface area contributed by atoms with Gasteiger partial charge in [0.2, 0.25) is 5.91 Å². The predicted octanol–water partition coefficient (Wildman–Crippen LogP) is 1.85. The molecule has 1 amide bonds. The summed E-state index contributed by atoms with van der Waals surface area (Å²) in [4.78, 5) is 12.4. The smallest absolute Gasteiger partial charge is 0.233 e. The third-order valence-corrected chi connectivity index (χ3v) is 4.91. The van der Waals surface area contributed by atoms with E-state index in [0.717, 1.165) is 0 Å². The molecule has 0 heterocycles. The predicted molar refractivity (Wildman–Crippen MR) is 73.8 cm³/mol. The molecule has 0 aliphatic heterocycles. The van der Waals surface area contributed by atoms with Crippen molar-refractivity contribution in [1.29, 1.82) is 0 Å². The molecule has 0 aromatic carbocycles. The highest BCUT2D eigenvalue weighted by molar-refractivity contribution is 6.07. The minimum atomic E-state index is -0.775. The third kappa shape index (κ3) is 2.55. The number of hydrogen-bond donors (Lipinski definition) is 3. The second kappa shape index (κ2) is 5.02. The Hall–Kier alpha value is -1.26. The second-order valence-electron chi connectivity index (χ2n) is 6.78. The standard InChI is InChI=1S/C14H25N3O2/c1-10-7-14(8-10,11(15)17-19)12(18)16-9-13(2)5-3-4-6-13/h10,19H,3-9H2,1-2H3,(H2,15,17)(H,16,18). The Morgan fingerprint density at radius 3 is 2.47 bits per heavy atom. The molecular formula is C14H25N3O2. The number of nitrogens with zero attached hydrogens (tertiary/aromatic N) is 1. The summed E-state index contributed by atoms with van der Waals surface area (Å²) in [7, 11) is 0. The highest BCUT2D eigenvalue weighted by atomic mass is 16.4. The van der Waals surface area contributed by atoms with Gasteiger partial charge in [0, 0.05) is 6.54 Å². The van der Waals surface area contributed by atoms with E-state index >= 15 is 0 Å². The van der Waals surface area contributed by atoms with E-state index in [0.29, 0.717) is 25.3 Å². The number of nitrogens with one attached hydrogen (secondary N) is 1. The Bertz CT molecular complexity index is 380. The SMILES string of the molecule is CC1CC(C(=O)NCC2(C)CCCC2)(C(N)=NO)C1. The number of rotatable bonds is 4. The van der Waals surface area contributed by atoms with Crippen molar-refractivity contribution in [3.05, 3.63) is 0 Å². The van der Waals surface area contributed by atoms with Crippen LogP contribution < -0.4 is 11.1 Å². The van der Waals surface area contributed by atoms with Gasteiger partial charge in [-0.15, -0.1) is 0 Å². The summed E-state index contributed by atoms with van der Waals surface area (Å²) in [6.45, 7) is 5.00. The van der Waals surface area contributed by atoms with E-state index in [-0.39, 0.29) is 17.2 Å². The lowest BCUT2D eigenvalue weighted by Crippen LogP contribution is -2.57. The highest BCUT2D eigenvalue weighted by Gasteiger charge is 2.52. The van der Waals surface area contributed by atoms with Crippen LogP contribution in [0.3, 0.4) is 0 Å². The van der Waals surface area contributed by atoms with Crippen LogP contribution in [0.25, 0.3) is 0 Å². The van der Waals surface area contributed by atoms with Crippen molar-refractivity contribution in [2.45, 2.75) is 52.4 Å². The maximum Gasteiger partial charge on any atom is 0.233 e. The maximum absolute atomic E-state index is 12.4. The fraction of sp³-hybridized carbons (Fsp3) is 0.857. The van der Waals surface area contributed by atoms with Crippen LogP contribution in [0.2, 0.25) is 0 Å². The molecule has 0 saturated heterocycles. The van der Waals surface area contributed by atoms with E-state index in [1.807, 2.05) is 0 Å². The van der Waals surface area contributed by atoms with Crippen molar-refractivity contribution in [2.75, 3.05) is 6.54 Å². The second-order valence-corrected chi connectivity index (χ2v) is 6.78. The molecule has 19 heavy (non-hydrogen) atoms. The van der Waals surface area contributed by atoms with Crippen molar-refractivity contribution >= 4 is 11.7 Å². The van der Waals surface area contributed by atoms with Gasteiger partial charge in [0.15, 0.2) is 5.84 Å². The first-order valence-electron chi connectivity index (χ1n) is 7.18. The molecule has 5 heteroatoms. The number of amidine groups is 1. The van der Waals surface area contributed by atoms with Gasteiger partial charge in [0.25, 0.3) is 0 Å². The van der Waals surface area contributed by atoms with E-state index < -0.39 is 5.41 Å². The topological polar surface area (TPSA) is 87.7 Å². The Kier molecular flexibility index (Phi) is 3.74. The van der Waals surface area contributed by atoms with Gasteiger partial charge in [-0.1, -0.05) is 31.8 Å². The number of carbonyl (C=O) groups is 1. The van der Waals surface area contributed by atoms with Crippen molar-refractivity contribution in [3.8, 4) is 0 Å². The zero-order valence-electron chi connectivity index (χ0n) is 11.9. The minimum Gasteiger partial charge on any atom is -0.409 e. The van der Waals surface area contributed by atoms with Crippen LogP contribution in [0.1, 0.15) is 52.4 Å². The van der Waals surface area contributed by atoms with Gasteiger partial charge >= 0.3 is 0 Å². The first-order valence-corrected chi connectivity index (χ1v) is 7.18. The Morgan fingerprint density at radius 2 is 2.00 bits per heavy atom. The number of carbonyl (C=O) groups excluding carboxylic acids is 1. The Balaban J connectivity index is 1.97. The van der Waals surface area contributed by atoms with E-state index in [2.05, 4.69) is 24.3 Å². The van der Waals surface area contributed by atoms with Gasteiger partial charge in [-0.05, 0) is 37.0 Å². The lowest BCUT2D eigenvalue weighted by atomic mass is 9.61. The first-order chi connectivity index (χ1) is 8.92. The highest BCUT2D eigenvalue weighted by Crippen LogP contribution is 2.46. The zero-order valence-corrected chi connectivity index (χ0v) is 11.9. The number of hydrogen-bond acceptors (Lipinski definition) is 3. The molecular weight excluding hydrogens is 242 g/mol. The molecule has 2 rings (SSSR count). The lowest BCUT2D eigenvalue weighted by Gasteiger charge is -2.44. The fourth-order valence-corrected chi connectivity index (χ4v) is 3.60. The van der Waals surface area contributed by atoms with Gasteiger partial charge in [0.1, 0.15) is 5.41 Å². The monoisotopic (exact) mass is 267 g/mol. The third-order valence-electron chi connectivity index (χ3n) is 4.91. The lowest BCUT2D eigenvalue weighted by molar-refractivity contribution is -0.133. The number of amides is 1. The largest absolute Gasteiger partial charge is 0.409 e. The summed E-state index contributed by atoms with van der Waals surface area (Å²) in [5.41, 5.74) is 5.18. The molecule has 0 radical (unpaired) electrons. The fourth-order valence-electron chi connectivity index (χ4n) is 3.60. The molecule has 0 aromatic heterocycles. The van der Waals surface area contributed by atoms with Gasteiger partial charge in [-0.3, -0.25) is 4.79 Å². The van der Waals surface area contributed by atoms with E-state index in [9.17, 15) is 4.79 Å². The summed E-state index contributed by atoms with van der Waals surface area (Å²) in [6, 6.07) is 0. The Labute approximate surface area is 114 Å². The van der Waals surface area contributed by atoms with Crippen LogP contribution in [0.15, 0.2) is 5.16 Å². The van der Waals surface area contributed by atoms with Crippen molar-refractivity contribution in [3.63, 3.8) is 0 Å². The first kappa shape index (κ1) is 14.2. The average Bonchev–Trinajstić information content (AvgIpc) is 2.78. The summed E-state index contributed by atoms with van der Waals surface area (Å²) in [5, 5.41) is 15.0. The summed E-state index contributed by atoms with van der Waals surface area (Å²) in [5.74, 6) is 0.432. The van der Waals surface area contributed by atoms with Gasteiger partial charge in [-0.2, -0.15) is 0 Å². The van der Waals surface area contributed by atoms with Crippen LogP contribution in [-0.4, -0.2) is 23.5 Å².